The molecule has 1 aliphatic carbocycles. The van der Waals surface area contributed by atoms with Crippen LogP contribution in [-0.4, -0.2) is 24.0 Å². The normalized spacial score (nSPS) is 12.5. The van der Waals surface area contributed by atoms with Crippen molar-refractivity contribution < 1.29 is 14.3 Å². The predicted molar refractivity (Wildman–Crippen MR) is 137 cm³/mol. The molecule has 1 aliphatic rings. The van der Waals surface area contributed by atoms with Crippen molar-refractivity contribution in [3.8, 4) is 11.3 Å². The van der Waals surface area contributed by atoms with E-state index in [-0.39, 0.29) is 5.91 Å². The Morgan fingerprint density at radius 2 is 1.88 bits per heavy atom. The first-order valence-electron chi connectivity index (χ1n) is 11.6. The van der Waals surface area contributed by atoms with Crippen LogP contribution in [0.15, 0.2) is 54.6 Å². The van der Waals surface area contributed by atoms with Gasteiger partial charge in [-0.3, -0.25) is 4.79 Å². The van der Waals surface area contributed by atoms with Crippen molar-refractivity contribution in [1.82, 2.24) is 4.98 Å². The molecule has 0 bridgehead atoms. The summed E-state index contributed by atoms with van der Waals surface area (Å²) >= 11 is 1.48. The molecule has 0 fully saturated rings. The summed E-state index contributed by atoms with van der Waals surface area (Å²) in [6, 6.07) is 17.8. The van der Waals surface area contributed by atoms with Gasteiger partial charge < -0.3 is 10.1 Å². The highest BCUT2D eigenvalue weighted by Crippen LogP contribution is 2.40. The van der Waals surface area contributed by atoms with Crippen LogP contribution < -0.4 is 5.32 Å². The molecule has 2 heterocycles. The van der Waals surface area contributed by atoms with E-state index in [2.05, 4.69) is 36.5 Å². The number of rotatable bonds is 6. The SMILES string of the molecule is CCCc1ccc(-c2cc(C(=O)Nc3sc4c(c3C(=O)OC)CCC4)c3ccccc3n2)cc1. The van der Waals surface area contributed by atoms with Crippen LogP contribution >= 0.6 is 11.3 Å². The first-order chi connectivity index (χ1) is 16.6. The number of methoxy groups -OCH3 is 1. The lowest BCUT2D eigenvalue weighted by Gasteiger charge is -2.11. The molecule has 5 nitrogen and oxygen atoms in total. The molecule has 0 saturated carbocycles. The van der Waals surface area contributed by atoms with Gasteiger partial charge in [-0.05, 0) is 48.9 Å². The topological polar surface area (TPSA) is 68.3 Å². The van der Waals surface area contributed by atoms with Gasteiger partial charge in [0.15, 0.2) is 0 Å². The number of hydrogen-bond acceptors (Lipinski definition) is 5. The van der Waals surface area contributed by atoms with Gasteiger partial charge >= 0.3 is 5.97 Å². The Hall–Kier alpha value is -3.51. The lowest BCUT2D eigenvalue weighted by molar-refractivity contribution is 0.0601. The summed E-state index contributed by atoms with van der Waals surface area (Å²) in [7, 11) is 1.38. The minimum Gasteiger partial charge on any atom is -0.465 e. The lowest BCUT2D eigenvalue weighted by atomic mass is 10.0. The van der Waals surface area contributed by atoms with Gasteiger partial charge in [0.05, 0.1) is 29.4 Å². The molecule has 2 aromatic heterocycles. The van der Waals surface area contributed by atoms with Crippen molar-refractivity contribution in [2.24, 2.45) is 0 Å². The van der Waals surface area contributed by atoms with Gasteiger partial charge in [0.2, 0.25) is 0 Å². The van der Waals surface area contributed by atoms with Gasteiger partial charge in [0.25, 0.3) is 5.91 Å². The van der Waals surface area contributed by atoms with Gasteiger partial charge in [-0.15, -0.1) is 11.3 Å². The number of esters is 1. The summed E-state index contributed by atoms with van der Waals surface area (Å²) < 4.78 is 5.03. The van der Waals surface area contributed by atoms with Gasteiger partial charge in [-0.1, -0.05) is 55.8 Å². The van der Waals surface area contributed by atoms with E-state index in [0.29, 0.717) is 16.1 Å². The molecule has 4 aromatic rings. The number of para-hydroxylation sites is 1. The molecule has 0 saturated heterocycles. The van der Waals surface area contributed by atoms with E-state index in [1.165, 1.54) is 24.0 Å². The highest BCUT2D eigenvalue weighted by Gasteiger charge is 2.28. The number of carbonyl (C=O) groups is 2. The summed E-state index contributed by atoms with van der Waals surface area (Å²) in [4.78, 5) is 32.1. The quantitative estimate of drug-likeness (QED) is 0.329. The van der Waals surface area contributed by atoms with Crippen LogP contribution in [-0.2, 0) is 24.0 Å². The van der Waals surface area contributed by atoms with Crippen molar-refractivity contribution in [2.75, 3.05) is 12.4 Å². The fourth-order valence-electron chi connectivity index (χ4n) is 4.62. The Bertz CT molecular complexity index is 1390. The Morgan fingerprint density at radius 3 is 2.65 bits per heavy atom. The van der Waals surface area contributed by atoms with Crippen LogP contribution in [0.5, 0.6) is 0 Å². The maximum Gasteiger partial charge on any atom is 0.341 e. The largest absolute Gasteiger partial charge is 0.465 e. The third-order valence-electron chi connectivity index (χ3n) is 6.29. The van der Waals surface area contributed by atoms with Gasteiger partial charge in [-0.25, -0.2) is 9.78 Å². The smallest absolute Gasteiger partial charge is 0.341 e. The number of aryl methyl sites for hydroxylation is 2. The van der Waals surface area contributed by atoms with Crippen LogP contribution in [0.3, 0.4) is 0 Å². The number of hydrogen-bond donors (Lipinski definition) is 1. The zero-order valence-electron chi connectivity index (χ0n) is 19.3. The fraction of sp³-hybridized carbons (Fsp3) is 0.250. The standard InChI is InChI=1S/C28H26N2O3S/c1-3-7-17-12-14-18(15-13-17)23-16-21(19-8-4-5-10-22(19)29-23)26(31)30-27-25(28(32)33-2)20-9-6-11-24(20)34-27/h4-5,8,10,12-16H,3,6-7,9,11H2,1-2H3,(H,30,31). The number of carbonyl (C=O) groups excluding carboxylic acids is 2. The van der Waals surface area contributed by atoms with Gasteiger partial charge in [-0.2, -0.15) is 0 Å². The number of amides is 1. The number of anilines is 1. The number of ether oxygens (including phenoxy) is 1. The van der Waals surface area contributed by atoms with E-state index >= 15 is 0 Å². The molecule has 0 aliphatic heterocycles. The van der Waals surface area contributed by atoms with Crippen LogP contribution in [0, 0.1) is 0 Å². The number of aromatic nitrogens is 1. The molecule has 6 heteroatoms. The molecule has 172 valence electrons. The summed E-state index contributed by atoms with van der Waals surface area (Å²) in [6.07, 6.45) is 4.91. The summed E-state index contributed by atoms with van der Waals surface area (Å²) in [5.74, 6) is -0.658. The van der Waals surface area contributed by atoms with Gasteiger partial charge in [0, 0.05) is 15.8 Å². The van der Waals surface area contributed by atoms with Crippen molar-refractivity contribution in [1.29, 1.82) is 0 Å². The molecule has 2 aromatic carbocycles. The summed E-state index contributed by atoms with van der Waals surface area (Å²) in [6.45, 7) is 2.16. The van der Waals surface area contributed by atoms with Crippen molar-refractivity contribution in [3.05, 3.63) is 81.7 Å². The average molecular weight is 471 g/mol. The van der Waals surface area contributed by atoms with Gasteiger partial charge in [0.1, 0.15) is 5.00 Å². The minimum absolute atomic E-state index is 0.257. The Labute approximate surface area is 202 Å². The monoisotopic (exact) mass is 470 g/mol. The molecule has 5 rings (SSSR count). The van der Waals surface area contributed by atoms with Crippen LogP contribution in [0.25, 0.3) is 22.2 Å². The van der Waals surface area contributed by atoms with E-state index < -0.39 is 5.97 Å². The highest BCUT2D eigenvalue weighted by atomic mass is 32.1. The molecule has 0 atom stereocenters. The van der Waals surface area contributed by atoms with E-state index in [0.717, 1.165) is 64.7 Å². The van der Waals surface area contributed by atoms with Crippen LogP contribution in [0.2, 0.25) is 0 Å². The number of benzene rings is 2. The molecule has 0 unspecified atom stereocenters. The van der Waals surface area contributed by atoms with Crippen LogP contribution in [0.4, 0.5) is 5.00 Å². The highest BCUT2D eigenvalue weighted by molar-refractivity contribution is 7.17. The van der Waals surface area contributed by atoms with E-state index in [4.69, 9.17) is 9.72 Å². The third-order valence-corrected chi connectivity index (χ3v) is 7.49. The fourth-order valence-corrected chi connectivity index (χ4v) is 5.90. The van der Waals surface area contributed by atoms with Crippen LogP contribution in [0.1, 0.15) is 56.5 Å². The van der Waals surface area contributed by atoms with E-state index in [1.807, 2.05) is 30.3 Å². The average Bonchev–Trinajstić information content (AvgIpc) is 3.44. The lowest BCUT2D eigenvalue weighted by Crippen LogP contribution is -2.15. The second-order valence-corrected chi connectivity index (χ2v) is 9.63. The van der Waals surface area contributed by atoms with Crippen molar-refractivity contribution >= 4 is 39.1 Å². The Balaban J connectivity index is 1.55. The van der Waals surface area contributed by atoms with E-state index in [9.17, 15) is 9.59 Å². The van der Waals surface area contributed by atoms with E-state index in [1.54, 1.807) is 0 Å². The molecule has 34 heavy (non-hydrogen) atoms. The zero-order chi connectivity index (χ0) is 23.7. The minimum atomic E-state index is -0.401. The molecule has 0 spiro atoms. The second kappa shape index (κ2) is 9.39. The second-order valence-electron chi connectivity index (χ2n) is 8.53. The zero-order valence-corrected chi connectivity index (χ0v) is 20.1. The molecule has 1 amide bonds. The first kappa shape index (κ1) is 22.3. The number of nitrogens with zero attached hydrogens (tertiary/aromatic N) is 1. The predicted octanol–water partition coefficient (Wildman–Crippen LogP) is 6.44. The number of nitrogens with one attached hydrogen (secondary N) is 1. The van der Waals surface area contributed by atoms with Crippen molar-refractivity contribution in [3.63, 3.8) is 0 Å². The molecular weight excluding hydrogens is 444 g/mol. The molecule has 1 N–H and O–H groups in total. The molecular formula is C28H26N2O3S. The first-order valence-corrected chi connectivity index (χ1v) is 12.4. The molecule has 0 radical (unpaired) electrons. The Morgan fingerprint density at radius 1 is 1.09 bits per heavy atom. The summed E-state index contributed by atoms with van der Waals surface area (Å²) in [5.41, 5.74) is 5.79. The number of pyridine rings is 1. The maximum absolute atomic E-state index is 13.6. The number of fused-ring (bicyclic) bond motifs is 2. The Kier molecular flexibility index (Phi) is 6.16. The third kappa shape index (κ3) is 4.10. The van der Waals surface area contributed by atoms with Crippen molar-refractivity contribution in [2.45, 2.75) is 39.0 Å². The summed E-state index contributed by atoms with van der Waals surface area (Å²) in [5, 5.41) is 4.36. The number of thiophene rings is 1. The maximum atomic E-state index is 13.6.